The molecule has 0 fully saturated rings. The van der Waals surface area contributed by atoms with Crippen LogP contribution in [-0.4, -0.2) is 5.91 Å². The van der Waals surface area contributed by atoms with Crippen molar-refractivity contribution in [1.29, 1.82) is 0 Å². The Balaban J connectivity index is 1.70. The molecule has 0 unspecified atom stereocenters. The molecule has 0 saturated carbocycles. The molecule has 0 aliphatic rings. The van der Waals surface area contributed by atoms with Crippen molar-refractivity contribution >= 4 is 11.6 Å². The van der Waals surface area contributed by atoms with Crippen LogP contribution in [0.25, 0.3) is 0 Å². The highest BCUT2D eigenvalue weighted by Gasteiger charge is 2.07. The van der Waals surface area contributed by atoms with E-state index in [1.54, 1.807) is 0 Å². The summed E-state index contributed by atoms with van der Waals surface area (Å²) in [6.07, 6.45) is 0.959. The number of nitrogens with one attached hydrogen (secondary N) is 1. The van der Waals surface area contributed by atoms with Gasteiger partial charge in [0.25, 0.3) is 5.91 Å². The zero-order chi connectivity index (χ0) is 16.8. The third-order valence-electron chi connectivity index (χ3n) is 3.70. The first-order valence-corrected chi connectivity index (χ1v) is 7.98. The molecule has 0 aliphatic heterocycles. The smallest absolute Gasteiger partial charge is 0.255 e. The van der Waals surface area contributed by atoms with Crippen LogP contribution in [0.1, 0.15) is 22.8 Å². The quantitative estimate of drug-likeness (QED) is 0.694. The van der Waals surface area contributed by atoms with Crippen molar-refractivity contribution in [2.75, 3.05) is 5.32 Å². The molecule has 0 aromatic heterocycles. The second kappa shape index (κ2) is 7.47. The number of carbonyl (C=O) groups excluding carboxylic acids is 1. The number of benzene rings is 3. The minimum Gasteiger partial charge on any atom is -0.457 e. The lowest BCUT2D eigenvalue weighted by atomic mass is 10.1. The Morgan fingerprint density at radius 1 is 0.875 bits per heavy atom. The summed E-state index contributed by atoms with van der Waals surface area (Å²) < 4.78 is 5.79. The van der Waals surface area contributed by atoms with Gasteiger partial charge in [0.2, 0.25) is 0 Å². The highest BCUT2D eigenvalue weighted by Crippen LogP contribution is 2.24. The van der Waals surface area contributed by atoms with Gasteiger partial charge >= 0.3 is 0 Å². The first-order chi connectivity index (χ1) is 11.7. The fourth-order valence-corrected chi connectivity index (χ4v) is 2.36. The van der Waals surface area contributed by atoms with Crippen LogP contribution in [0.15, 0.2) is 78.9 Å². The molecule has 0 spiro atoms. The highest BCUT2D eigenvalue weighted by molar-refractivity contribution is 6.04. The minimum absolute atomic E-state index is 0.130. The average Bonchev–Trinajstić information content (AvgIpc) is 2.63. The van der Waals surface area contributed by atoms with E-state index < -0.39 is 0 Å². The zero-order valence-electron chi connectivity index (χ0n) is 13.5. The molecular weight excluding hydrogens is 298 g/mol. The predicted molar refractivity (Wildman–Crippen MR) is 96.7 cm³/mol. The Kier molecular flexibility index (Phi) is 4.92. The second-order valence-electron chi connectivity index (χ2n) is 5.45. The minimum atomic E-state index is -0.130. The van der Waals surface area contributed by atoms with Crippen LogP contribution in [0.2, 0.25) is 0 Å². The molecule has 0 heterocycles. The number of hydrogen-bond donors (Lipinski definition) is 1. The molecule has 3 rings (SSSR count). The van der Waals surface area contributed by atoms with Crippen LogP contribution in [0.5, 0.6) is 11.5 Å². The summed E-state index contributed by atoms with van der Waals surface area (Å²) in [4.78, 5) is 12.3. The standard InChI is InChI=1S/C21H19NO2/c1-2-16-11-13-17(14-12-16)21(23)22-18-7-6-10-20(15-18)24-19-8-4-3-5-9-19/h3-15H,2H2,1H3,(H,22,23). The molecule has 3 nitrogen and oxygen atoms in total. The van der Waals surface area contributed by atoms with Crippen LogP contribution in [-0.2, 0) is 6.42 Å². The summed E-state index contributed by atoms with van der Waals surface area (Å²) in [5, 5.41) is 2.90. The monoisotopic (exact) mass is 317 g/mol. The molecule has 3 aromatic carbocycles. The molecule has 24 heavy (non-hydrogen) atoms. The maximum atomic E-state index is 12.3. The van der Waals surface area contributed by atoms with E-state index in [2.05, 4.69) is 12.2 Å². The molecular formula is C21H19NO2. The molecule has 0 saturated heterocycles. The van der Waals surface area contributed by atoms with E-state index in [0.29, 0.717) is 17.0 Å². The SMILES string of the molecule is CCc1ccc(C(=O)Nc2cccc(Oc3ccccc3)c2)cc1. The van der Waals surface area contributed by atoms with Gasteiger partial charge in [-0.25, -0.2) is 0 Å². The number of anilines is 1. The Hall–Kier alpha value is -3.07. The lowest BCUT2D eigenvalue weighted by Crippen LogP contribution is -2.11. The lowest BCUT2D eigenvalue weighted by Gasteiger charge is -2.09. The van der Waals surface area contributed by atoms with Crippen LogP contribution in [0.3, 0.4) is 0 Å². The molecule has 3 aromatic rings. The van der Waals surface area contributed by atoms with Gasteiger partial charge < -0.3 is 10.1 Å². The van der Waals surface area contributed by atoms with Crippen molar-refractivity contribution in [1.82, 2.24) is 0 Å². The lowest BCUT2D eigenvalue weighted by molar-refractivity contribution is 0.102. The highest BCUT2D eigenvalue weighted by atomic mass is 16.5. The van der Waals surface area contributed by atoms with Gasteiger partial charge in [-0.2, -0.15) is 0 Å². The van der Waals surface area contributed by atoms with Gasteiger partial charge in [0.1, 0.15) is 11.5 Å². The predicted octanol–water partition coefficient (Wildman–Crippen LogP) is 5.29. The largest absolute Gasteiger partial charge is 0.457 e. The first kappa shape index (κ1) is 15.8. The van der Waals surface area contributed by atoms with Crippen LogP contribution >= 0.6 is 0 Å². The van der Waals surface area contributed by atoms with Crippen molar-refractivity contribution in [2.24, 2.45) is 0 Å². The Labute approximate surface area is 141 Å². The first-order valence-electron chi connectivity index (χ1n) is 7.98. The maximum Gasteiger partial charge on any atom is 0.255 e. The topological polar surface area (TPSA) is 38.3 Å². The van der Waals surface area contributed by atoms with Gasteiger partial charge in [0.05, 0.1) is 0 Å². The number of rotatable bonds is 5. The van der Waals surface area contributed by atoms with Gasteiger partial charge in [0.15, 0.2) is 0 Å². The number of ether oxygens (including phenoxy) is 1. The van der Waals surface area contributed by atoms with E-state index in [4.69, 9.17) is 4.74 Å². The third kappa shape index (κ3) is 4.02. The maximum absolute atomic E-state index is 12.3. The molecule has 1 N–H and O–H groups in total. The van der Waals surface area contributed by atoms with E-state index in [1.165, 1.54) is 5.56 Å². The van der Waals surface area contributed by atoms with Gasteiger partial charge in [-0.15, -0.1) is 0 Å². The molecule has 0 bridgehead atoms. The Bertz CT molecular complexity index is 811. The van der Waals surface area contributed by atoms with Gasteiger partial charge in [-0.3, -0.25) is 4.79 Å². The third-order valence-corrected chi connectivity index (χ3v) is 3.70. The van der Waals surface area contributed by atoms with Crippen LogP contribution in [0, 0.1) is 0 Å². The molecule has 0 radical (unpaired) electrons. The van der Waals surface area contributed by atoms with Crippen molar-refractivity contribution in [2.45, 2.75) is 13.3 Å². The van der Waals surface area contributed by atoms with Crippen molar-refractivity contribution in [3.8, 4) is 11.5 Å². The second-order valence-corrected chi connectivity index (χ2v) is 5.45. The summed E-state index contributed by atoms with van der Waals surface area (Å²) >= 11 is 0. The molecule has 3 heteroatoms. The van der Waals surface area contributed by atoms with Gasteiger partial charge in [0, 0.05) is 17.3 Å². The summed E-state index contributed by atoms with van der Waals surface area (Å²) in [5.74, 6) is 1.31. The summed E-state index contributed by atoms with van der Waals surface area (Å²) in [7, 11) is 0. The van der Waals surface area contributed by atoms with E-state index in [9.17, 15) is 4.79 Å². The Morgan fingerprint density at radius 2 is 1.58 bits per heavy atom. The summed E-state index contributed by atoms with van der Waals surface area (Å²) in [6.45, 7) is 2.09. The van der Waals surface area contributed by atoms with Gasteiger partial charge in [-0.05, 0) is 48.4 Å². The zero-order valence-corrected chi connectivity index (χ0v) is 13.5. The van der Waals surface area contributed by atoms with Crippen molar-refractivity contribution in [3.63, 3.8) is 0 Å². The molecule has 120 valence electrons. The average molecular weight is 317 g/mol. The molecule has 1 amide bonds. The van der Waals surface area contributed by atoms with Crippen LogP contribution < -0.4 is 10.1 Å². The van der Waals surface area contributed by atoms with Crippen LogP contribution in [0.4, 0.5) is 5.69 Å². The summed E-state index contributed by atoms with van der Waals surface area (Å²) in [6, 6.07) is 24.6. The number of aryl methyl sites for hydroxylation is 1. The van der Waals surface area contributed by atoms with E-state index >= 15 is 0 Å². The number of amides is 1. The number of hydrogen-bond acceptors (Lipinski definition) is 2. The van der Waals surface area contributed by atoms with Gasteiger partial charge in [-0.1, -0.05) is 43.3 Å². The van der Waals surface area contributed by atoms with Crippen molar-refractivity contribution in [3.05, 3.63) is 90.0 Å². The van der Waals surface area contributed by atoms with E-state index in [1.807, 2.05) is 78.9 Å². The van der Waals surface area contributed by atoms with Crippen molar-refractivity contribution < 1.29 is 9.53 Å². The number of para-hydroxylation sites is 1. The number of carbonyl (C=O) groups is 1. The fraction of sp³-hybridized carbons (Fsp3) is 0.0952. The normalized spacial score (nSPS) is 10.2. The fourth-order valence-electron chi connectivity index (χ4n) is 2.36. The van der Waals surface area contributed by atoms with E-state index in [0.717, 1.165) is 12.2 Å². The van der Waals surface area contributed by atoms with E-state index in [-0.39, 0.29) is 5.91 Å². The molecule has 0 atom stereocenters. The summed E-state index contributed by atoms with van der Waals surface area (Å²) in [5.41, 5.74) is 2.55. The molecule has 0 aliphatic carbocycles. The Morgan fingerprint density at radius 3 is 2.29 bits per heavy atom.